The van der Waals surface area contributed by atoms with Crippen LogP contribution in [0.5, 0.6) is 5.75 Å². The van der Waals surface area contributed by atoms with E-state index in [1.807, 2.05) is 20.0 Å². The van der Waals surface area contributed by atoms with Crippen molar-refractivity contribution in [3.63, 3.8) is 0 Å². The summed E-state index contributed by atoms with van der Waals surface area (Å²) in [5, 5.41) is 6.62. The van der Waals surface area contributed by atoms with Crippen molar-refractivity contribution in [2.75, 3.05) is 20.2 Å². The highest BCUT2D eigenvalue weighted by Gasteiger charge is 2.12. The number of unbranched alkanes of at least 4 members (excludes halogenated alkanes) is 1. The molecule has 0 spiro atoms. The van der Waals surface area contributed by atoms with E-state index in [1.54, 1.807) is 12.1 Å². The number of rotatable bonds is 8. The van der Waals surface area contributed by atoms with Gasteiger partial charge in [-0.3, -0.25) is 4.79 Å². The van der Waals surface area contributed by atoms with Crippen LogP contribution in [0.2, 0.25) is 5.02 Å². The molecule has 0 fully saturated rings. The highest BCUT2D eigenvalue weighted by Crippen LogP contribution is 2.28. The summed E-state index contributed by atoms with van der Waals surface area (Å²) in [6.07, 6.45) is 2.04. The molecule has 5 heteroatoms. The highest BCUT2D eigenvalue weighted by molar-refractivity contribution is 6.30. The molecular formula is C15H23ClN2O2. The van der Waals surface area contributed by atoms with Crippen molar-refractivity contribution in [3.8, 4) is 5.75 Å². The lowest BCUT2D eigenvalue weighted by atomic mass is 10.1. The second kappa shape index (κ2) is 8.82. The molecule has 1 rings (SSSR count). The van der Waals surface area contributed by atoms with E-state index in [0.29, 0.717) is 17.3 Å². The quantitative estimate of drug-likeness (QED) is 0.726. The fraction of sp³-hybridized carbons (Fsp3) is 0.533. The van der Waals surface area contributed by atoms with E-state index in [4.69, 9.17) is 16.3 Å². The molecule has 20 heavy (non-hydrogen) atoms. The Kier molecular flexibility index (Phi) is 7.41. The van der Waals surface area contributed by atoms with Gasteiger partial charge in [0, 0.05) is 23.2 Å². The maximum atomic E-state index is 11.6. The van der Waals surface area contributed by atoms with E-state index >= 15 is 0 Å². The zero-order valence-corrected chi connectivity index (χ0v) is 13.1. The third kappa shape index (κ3) is 5.39. The van der Waals surface area contributed by atoms with Gasteiger partial charge in [0.2, 0.25) is 0 Å². The van der Waals surface area contributed by atoms with Gasteiger partial charge < -0.3 is 15.4 Å². The van der Waals surface area contributed by atoms with E-state index in [-0.39, 0.29) is 18.6 Å². The molecular weight excluding hydrogens is 276 g/mol. The second-order valence-electron chi connectivity index (χ2n) is 4.68. The fourth-order valence-corrected chi connectivity index (χ4v) is 1.92. The Morgan fingerprint density at radius 1 is 1.45 bits per heavy atom. The average molecular weight is 299 g/mol. The molecule has 2 N–H and O–H groups in total. The van der Waals surface area contributed by atoms with Crippen LogP contribution in [0.25, 0.3) is 0 Å². The third-order valence-corrected chi connectivity index (χ3v) is 3.32. The molecule has 0 bridgehead atoms. The van der Waals surface area contributed by atoms with E-state index in [1.165, 1.54) is 0 Å². The molecule has 0 saturated carbocycles. The number of benzene rings is 1. The number of halogens is 1. The molecule has 1 unspecified atom stereocenters. The first-order valence-corrected chi connectivity index (χ1v) is 7.32. The lowest BCUT2D eigenvalue weighted by molar-refractivity contribution is -0.123. The molecule has 0 radical (unpaired) electrons. The Bertz CT molecular complexity index is 438. The van der Waals surface area contributed by atoms with Gasteiger partial charge in [0.1, 0.15) is 5.75 Å². The normalized spacial score (nSPS) is 12.0. The Balaban J connectivity index is 2.61. The number of amides is 1. The first-order chi connectivity index (χ1) is 9.58. The maximum Gasteiger partial charge on any atom is 0.257 e. The summed E-state index contributed by atoms with van der Waals surface area (Å²) in [4.78, 5) is 11.6. The van der Waals surface area contributed by atoms with Gasteiger partial charge in [0.05, 0.1) is 0 Å². The van der Waals surface area contributed by atoms with Crippen molar-refractivity contribution >= 4 is 17.5 Å². The minimum Gasteiger partial charge on any atom is -0.483 e. The minimum atomic E-state index is -0.100. The number of carbonyl (C=O) groups excluding carboxylic acids is 1. The lowest BCUT2D eigenvalue weighted by Crippen LogP contribution is -2.30. The van der Waals surface area contributed by atoms with Crippen molar-refractivity contribution in [1.29, 1.82) is 0 Å². The van der Waals surface area contributed by atoms with Gasteiger partial charge in [-0.2, -0.15) is 0 Å². The summed E-state index contributed by atoms with van der Waals surface area (Å²) in [7, 11) is 1.87. The van der Waals surface area contributed by atoms with Crippen LogP contribution < -0.4 is 15.4 Å². The third-order valence-electron chi connectivity index (χ3n) is 3.08. The van der Waals surface area contributed by atoms with Gasteiger partial charge in [0.15, 0.2) is 6.61 Å². The first-order valence-electron chi connectivity index (χ1n) is 6.94. The Morgan fingerprint density at radius 2 is 2.20 bits per heavy atom. The minimum absolute atomic E-state index is 0.0226. The van der Waals surface area contributed by atoms with E-state index in [9.17, 15) is 4.79 Å². The van der Waals surface area contributed by atoms with E-state index in [0.717, 1.165) is 18.4 Å². The molecule has 0 aliphatic heterocycles. The van der Waals surface area contributed by atoms with Crippen LogP contribution in [0.1, 0.15) is 38.3 Å². The molecule has 0 heterocycles. The molecule has 1 amide bonds. The summed E-state index contributed by atoms with van der Waals surface area (Å²) >= 11 is 6.00. The molecule has 4 nitrogen and oxygen atoms in total. The monoisotopic (exact) mass is 298 g/mol. The number of hydrogen-bond acceptors (Lipinski definition) is 3. The number of ether oxygens (including phenoxy) is 1. The van der Waals surface area contributed by atoms with Crippen LogP contribution in [0.15, 0.2) is 18.2 Å². The van der Waals surface area contributed by atoms with Crippen LogP contribution in [0, 0.1) is 0 Å². The fourth-order valence-electron chi connectivity index (χ4n) is 1.74. The molecule has 1 atom stereocenters. The molecule has 0 aromatic heterocycles. The standard InChI is InChI=1S/C15H23ClN2O2/c1-4-5-8-18-15(19)10-20-14-7-6-12(16)9-13(14)11(2)17-3/h6-7,9,11,17H,4-5,8,10H2,1-3H3,(H,18,19). The predicted molar refractivity (Wildman–Crippen MR) is 82.3 cm³/mol. The highest BCUT2D eigenvalue weighted by atomic mass is 35.5. The molecule has 1 aromatic carbocycles. The maximum absolute atomic E-state index is 11.6. The average Bonchev–Trinajstić information content (AvgIpc) is 2.45. The number of hydrogen-bond donors (Lipinski definition) is 2. The van der Waals surface area contributed by atoms with Gasteiger partial charge in [-0.15, -0.1) is 0 Å². The topological polar surface area (TPSA) is 50.4 Å². The van der Waals surface area contributed by atoms with Crippen molar-refractivity contribution in [1.82, 2.24) is 10.6 Å². The largest absolute Gasteiger partial charge is 0.483 e. The van der Waals surface area contributed by atoms with Crippen LogP contribution in [0.3, 0.4) is 0 Å². The Labute approximate surface area is 125 Å². The summed E-state index contributed by atoms with van der Waals surface area (Å²) in [5.74, 6) is 0.582. The molecule has 1 aromatic rings. The van der Waals surface area contributed by atoms with Crippen LogP contribution in [-0.4, -0.2) is 26.1 Å². The second-order valence-corrected chi connectivity index (χ2v) is 5.12. The first kappa shape index (κ1) is 16.8. The lowest BCUT2D eigenvalue weighted by Gasteiger charge is -2.16. The summed E-state index contributed by atoms with van der Waals surface area (Å²) < 4.78 is 5.60. The van der Waals surface area contributed by atoms with Gasteiger partial charge in [-0.25, -0.2) is 0 Å². The molecule has 112 valence electrons. The number of carbonyl (C=O) groups is 1. The SMILES string of the molecule is CCCCNC(=O)COc1ccc(Cl)cc1C(C)NC. The van der Waals surface area contributed by atoms with Crippen LogP contribution in [-0.2, 0) is 4.79 Å². The smallest absolute Gasteiger partial charge is 0.257 e. The van der Waals surface area contributed by atoms with Crippen LogP contribution >= 0.6 is 11.6 Å². The van der Waals surface area contributed by atoms with Crippen molar-refractivity contribution < 1.29 is 9.53 Å². The Hall–Kier alpha value is -1.26. The predicted octanol–water partition coefficient (Wildman–Crippen LogP) is 2.92. The summed E-state index contributed by atoms with van der Waals surface area (Å²) in [5.41, 5.74) is 0.946. The van der Waals surface area contributed by atoms with Crippen molar-refractivity contribution in [3.05, 3.63) is 28.8 Å². The number of nitrogens with one attached hydrogen (secondary N) is 2. The summed E-state index contributed by atoms with van der Waals surface area (Å²) in [6.45, 7) is 4.81. The van der Waals surface area contributed by atoms with Gasteiger partial charge in [0.25, 0.3) is 5.91 Å². The zero-order valence-electron chi connectivity index (χ0n) is 12.3. The van der Waals surface area contributed by atoms with Gasteiger partial charge >= 0.3 is 0 Å². The molecule has 0 saturated heterocycles. The van der Waals surface area contributed by atoms with E-state index < -0.39 is 0 Å². The van der Waals surface area contributed by atoms with E-state index in [2.05, 4.69) is 17.6 Å². The van der Waals surface area contributed by atoms with Crippen molar-refractivity contribution in [2.24, 2.45) is 0 Å². The van der Waals surface area contributed by atoms with Crippen molar-refractivity contribution in [2.45, 2.75) is 32.7 Å². The zero-order chi connectivity index (χ0) is 15.0. The molecule has 0 aliphatic carbocycles. The van der Waals surface area contributed by atoms with Gasteiger partial charge in [-0.05, 0) is 38.6 Å². The van der Waals surface area contributed by atoms with Crippen LogP contribution in [0.4, 0.5) is 0 Å². The molecule has 0 aliphatic rings. The van der Waals surface area contributed by atoms with Gasteiger partial charge in [-0.1, -0.05) is 24.9 Å². The Morgan fingerprint density at radius 3 is 2.85 bits per heavy atom. The summed E-state index contributed by atoms with van der Waals surface area (Å²) in [6, 6.07) is 5.52.